The summed E-state index contributed by atoms with van der Waals surface area (Å²) in [4.78, 5) is 12.2. The lowest BCUT2D eigenvalue weighted by Gasteiger charge is -2.12. The Bertz CT molecular complexity index is 509. The number of anilines is 1. The van der Waals surface area contributed by atoms with Crippen LogP contribution in [0.5, 0.6) is 0 Å². The van der Waals surface area contributed by atoms with Gasteiger partial charge in [-0.15, -0.1) is 21.5 Å². The SMILES string of the molecule is CC(Cc1cccs1)Nc1ccc(C(N)=O)nn1. The van der Waals surface area contributed by atoms with E-state index in [2.05, 4.69) is 33.9 Å². The van der Waals surface area contributed by atoms with Gasteiger partial charge in [0.15, 0.2) is 5.69 Å². The van der Waals surface area contributed by atoms with Crippen LogP contribution in [-0.4, -0.2) is 22.1 Å². The third-order valence-corrected chi connectivity index (χ3v) is 3.30. The molecule has 0 aliphatic rings. The Kier molecular flexibility index (Phi) is 3.88. The molecule has 0 bridgehead atoms. The molecule has 0 fully saturated rings. The highest BCUT2D eigenvalue weighted by Crippen LogP contribution is 2.13. The van der Waals surface area contributed by atoms with Gasteiger partial charge in [0.05, 0.1) is 0 Å². The molecule has 2 heterocycles. The fraction of sp³-hybridized carbons (Fsp3) is 0.250. The summed E-state index contributed by atoms with van der Waals surface area (Å²) < 4.78 is 0. The molecule has 0 aromatic carbocycles. The largest absolute Gasteiger partial charge is 0.366 e. The van der Waals surface area contributed by atoms with Crippen molar-refractivity contribution in [1.29, 1.82) is 0 Å². The minimum atomic E-state index is -0.569. The molecule has 6 heteroatoms. The highest BCUT2D eigenvalue weighted by atomic mass is 32.1. The van der Waals surface area contributed by atoms with E-state index in [9.17, 15) is 4.79 Å². The van der Waals surface area contributed by atoms with E-state index >= 15 is 0 Å². The van der Waals surface area contributed by atoms with Crippen LogP contribution in [0.3, 0.4) is 0 Å². The predicted molar refractivity (Wildman–Crippen MR) is 71.7 cm³/mol. The average Bonchev–Trinajstić information content (AvgIpc) is 2.82. The number of aromatic nitrogens is 2. The summed E-state index contributed by atoms with van der Waals surface area (Å²) in [5.41, 5.74) is 5.27. The molecule has 0 aliphatic carbocycles. The number of primary amides is 1. The topological polar surface area (TPSA) is 80.9 Å². The molecule has 0 saturated carbocycles. The molecule has 2 rings (SSSR count). The second kappa shape index (κ2) is 5.59. The van der Waals surface area contributed by atoms with Crippen molar-refractivity contribution in [2.45, 2.75) is 19.4 Å². The zero-order valence-corrected chi connectivity index (χ0v) is 10.8. The van der Waals surface area contributed by atoms with Crippen LogP contribution in [0.2, 0.25) is 0 Å². The lowest BCUT2D eigenvalue weighted by Crippen LogP contribution is -2.19. The molecule has 3 N–H and O–H groups in total. The van der Waals surface area contributed by atoms with Crippen LogP contribution in [0.15, 0.2) is 29.6 Å². The number of hydrogen-bond donors (Lipinski definition) is 2. The Labute approximate surface area is 109 Å². The fourth-order valence-corrected chi connectivity index (χ4v) is 2.41. The minimum absolute atomic E-state index is 0.173. The molecule has 0 radical (unpaired) electrons. The van der Waals surface area contributed by atoms with Crippen LogP contribution in [0.4, 0.5) is 5.82 Å². The molecule has 2 aromatic heterocycles. The van der Waals surface area contributed by atoms with Gasteiger partial charge >= 0.3 is 0 Å². The van der Waals surface area contributed by atoms with E-state index in [-0.39, 0.29) is 11.7 Å². The Morgan fingerprint density at radius 1 is 1.44 bits per heavy atom. The van der Waals surface area contributed by atoms with E-state index in [4.69, 9.17) is 5.73 Å². The molecule has 18 heavy (non-hydrogen) atoms. The Morgan fingerprint density at radius 2 is 2.28 bits per heavy atom. The number of rotatable bonds is 5. The van der Waals surface area contributed by atoms with E-state index in [0.717, 1.165) is 6.42 Å². The average molecular weight is 262 g/mol. The van der Waals surface area contributed by atoms with Crippen molar-refractivity contribution in [2.24, 2.45) is 5.73 Å². The zero-order chi connectivity index (χ0) is 13.0. The number of nitrogens with two attached hydrogens (primary N) is 1. The van der Waals surface area contributed by atoms with Gasteiger partial charge in [0, 0.05) is 17.3 Å². The van der Waals surface area contributed by atoms with Crippen LogP contribution in [-0.2, 0) is 6.42 Å². The molecular weight excluding hydrogens is 248 g/mol. The fourth-order valence-electron chi connectivity index (χ4n) is 1.57. The van der Waals surface area contributed by atoms with Crippen molar-refractivity contribution in [3.05, 3.63) is 40.2 Å². The maximum absolute atomic E-state index is 10.8. The van der Waals surface area contributed by atoms with Crippen molar-refractivity contribution in [3.63, 3.8) is 0 Å². The number of nitrogens with one attached hydrogen (secondary N) is 1. The highest BCUT2D eigenvalue weighted by Gasteiger charge is 2.07. The Morgan fingerprint density at radius 3 is 2.83 bits per heavy atom. The van der Waals surface area contributed by atoms with Crippen LogP contribution >= 0.6 is 11.3 Å². The van der Waals surface area contributed by atoms with Crippen LogP contribution < -0.4 is 11.1 Å². The second-order valence-corrected chi connectivity index (χ2v) is 5.03. The maximum atomic E-state index is 10.8. The molecule has 94 valence electrons. The molecule has 0 spiro atoms. The van der Waals surface area contributed by atoms with Gasteiger partial charge in [0.25, 0.3) is 5.91 Å². The molecule has 1 amide bonds. The number of carbonyl (C=O) groups excluding carboxylic acids is 1. The van der Waals surface area contributed by atoms with Crippen molar-refractivity contribution < 1.29 is 4.79 Å². The number of nitrogens with zero attached hydrogens (tertiary/aromatic N) is 2. The first-order chi connectivity index (χ1) is 8.65. The maximum Gasteiger partial charge on any atom is 0.269 e. The summed E-state index contributed by atoms with van der Waals surface area (Å²) >= 11 is 1.73. The third kappa shape index (κ3) is 3.27. The standard InChI is InChI=1S/C12H14N4OS/c1-8(7-9-3-2-6-18-9)14-11-5-4-10(12(13)17)15-16-11/h2-6,8H,7H2,1H3,(H2,13,17)(H,14,16). The number of thiophene rings is 1. The lowest BCUT2D eigenvalue weighted by molar-refractivity contribution is 0.0994. The molecule has 1 atom stereocenters. The summed E-state index contributed by atoms with van der Waals surface area (Å²) in [6.07, 6.45) is 0.927. The molecule has 2 aromatic rings. The smallest absolute Gasteiger partial charge is 0.269 e. The van der Waals surface area contributed by atoms with Crippen LogP contribution in [0.25, 0.3) is 0 Å². The van der Waals surface area contributed by atoms with Gasteiger partial charge in [0.2, 0.25) is 0 Å². The van der Waals surface area contributed by atoms with Crippen molar-refractivity contribution in [3.8, 4) is 0 Å². The second-order valence-electron chi connectivity index (χ2n) is 4.00. The summed E-state index contributed by atoms with van der Waals surface area (Å²) in [6, 6.07) is 7.66. The molecule has 0 aliphatic heterocycles. The quantitative estimate of drug-likeness (QED) is 0.859. The van der Waals surface area contributed by atoms with E-state index in [1.807, 2.05) is 6.07 Å². The van der Waals surface area contributed by atoms with E-state index in [0.29, 0.717) is 5.82 Å². The van der Waals surface area contributed by atoms with Gasteiger partial charge < -0.3 is 11.1 Å². The summed E-state index contributed by atoms with van der Waals surface area (Å²) in [5.74, 6) is 0.0738. The van der Waals surface area contributed by atoms with Gasteiger partial charge in [-0.05, 0) is 30.5 Å². The normalized spacial score (nSPS) is 12.1. The molecule has 1 unspecified atom stereocenters. The van der Waals surface area contributed by atoms with Gasteiger partial charge in [-0.3, -0.25) is 4.79 Å². The van der Waals surface area contributed by atoms with E-state index in [1.165, 1.54) is 4.88 Å². The first kappa shape index (κ1) is 12.5. The first-order valence-corrected chi connectivity index (χ1v) is 6.45. The number of amides is 1. The van der Waals surface area contributed by atoms with Crippen molar-refractivity contribution in [2.75, 3.05) is 5.32 Å². The summed E-state index contributed by atoms with van der Waals surface area (Å²) in [7, 11) is 0. The van der Waals surface area contributed by atoms with Crippen LogP contribution in [0.1, 0.15) is 22.3 Å². The van der Waals surface area contributed by atoms with E-state index in [1.54, 1.807) is 23.5 Å². The third-order valence-electron chi connectivity index (χ3n) is 2.40. The number of carbonyl (C=O) groups is 1. The van der Waals surface area contributed by atoms with Gasteiger partial charge in [-0.2, -0.15) is 0 Å². The minimum Gasteiger partial charge on any atom is -0.366 e. The molecule has 0 saturated heterocycles. The first-order valence-electron chi connectivity index (χ1n) is 5.57. The van der Waals surface area contributed by atoms with Crippen LogP contribution in [0, 0.1) is 0 Å². The monoisotopic (exact) mass is 262 g/mol. The summed E-state index contributed by atoms with van der Waals surface area (Å²) in [6.45, 7) is 2.07. The Hall–Kier alpha value is -1.95. The van der Waals surface area contributed by atoms with E-state index < -0.39 is 5.91 Å². The van der Waals surface area contributed by atoms with Gasteiger partial charge in [-0.1, -0.05) is 6.07 Å². The number of hydrogen-bond acceptors (Lipinski definition) is 5. The van der Waals surface area contributed by atoms with Gasteiger partial charge in [0.1, 0.15) is 5.82 Å². The molecule has 5 nitrogen and oxygen atoms in total. The zero-order valence-electron chi connectivity index (χ0n) is 9.96. The van der Waals surface area contributed by atoms with Crippen molar-refractivity contribution >= 4 is 23.1 Å². The van der Waals surface area contributed by atoms with Gasteiger partial charge in [-0.25, -0.2) is 0 Å². The lowest BCUT2D eigenvalue weighted by atomic mass is 10.2. The summed E-state index contributed by atoms with van der Waals surface area (Å²) in [5, 5.41) is 12.9. The Balaban J connectivity index is 1.94. The van der Waals surface area contributed by atoms with Crippen molar-refractivity contribution in [1.82, 2.24) is 10.2 Å². The highest BCUT2D eigenvalue weighted by molar-refractivity contribution is 7.09. The molecular formula is C12H14N4OS. The predicted octanol–water partition coefficient (Wildman–Crippen LogP) is 1.68.